The highest BCUT2D eigenvalue weighted by atomic mass is 15.3. The Morgan fingerprint density at radius 2 is 1.24 bits per heavy atom. The van der Waals surface area contributed by atoms with Crippen molar-refractivity contribution in [3.63, 3.8) is 0 Å². The van der Waals surface area contributed by atoms with E-state index in [1.807, 2.05) is 6.07 Å². The lowest BCUT2D eigenvalue weighted by Gasteiger charge is -2.05. The number of benzene rings is 4. The van der Waals surface area contributed by atoms with E-state index in [9.17, 15) is 0 Å². The van der Waals surface area contributed by atoms with Crippen LogP contribution in [0.1, 0.15) is 11.1 Å². The Hall–Kier alpha value is -3.98. The number of fused-ring (bicyclic) bond motifs is 1. The van der Waals surface area contributed by atoms with Crippen molar-refractivity contribution in [2.75, 3.05) is 0 Å². The second-order valence-electron chi connectivity index (χ2n) is 6.59. The Labute approximate surface area is 170 Å². The maximum Gasteiger partial charge on any atom is 0.0690 e. The van der Waals surface area contributed by atoms with Crippen LogP contribution in [0.15, 0.2) is 109 Å². The van der Waals surface area contributed by atoms with E-state index in [4.69, 9.17) is 0 Å². The van der Waals surface area contributed by atoms with Crippen molar-refractivity contribution < 1.29 is 0 Å². The maximum atomic E-state index is 3.42. The number of aromatic nitrogens is 3. The molecule has 29 heavy (non-hydrogen) atoms. The van der Waals surface area contributed by atoms with Gasteiger partial charge in [-0.1, -0.05) is 108 Å². The molecule has 0 saturated carbocycles. The zero-order valence-electron chi connectivity index (χ0n) is 15.9. The van der Waals surface area contributed by atoms with Crippen LogP contribution in [0.4, 0.5) is 0 Å². The van der Waals surface area contributed by atoms with E-state index < -0.39 is 0 Å². The molecule has 0 saturated heterocycles. The highest BCUT2D eigenvalue weighted by molar-refractivity contribution is 5.87. The van der Waals surface area contributed by atoms with Gasteiger partial charge in [-0.05, 0) is 39.1 Å². The molecule has 0 atom stereocenters. The van der Waals surface area contributed by atoms with E-state index in [0.717, 1.165) is 0 Å². The summed E-state index contributed by atoms with van der Waals surface area (Å²) >= 11 is 0. The molecule has 140 valence electrons. The van der Waals surface area contributed by atoms with Crippen LogP contribution in [0.5, 0.6) is 0 Å². The fourth-order valence-corrected chi connectivity index (χ4v) is 3.08. The lowest BCUT2D eigenvalue weighted by molar-refractivity contribution is 0.940. The number of hydrogen-bond donors (Lipinski definition) is 1. The highest BCUT2D eigenvalue weighted by Crippen LogP contribution is 2.25. The molecule has 0 spiro atoms. The third-order valence-corrected chi connectivity index (χ3v) is 4.59. The normalized spacial score (nSPS) is 10.6. The van der Waals surface area contributed by atoms with Crippen LogP contribution in [-0.2, 0) is 0 Å². The van der Waals surface area contributed by atoms with E-state index in [-0.39, 0.29) is 0 Å². The number of H-pyrrole nitrogens is 1. The summed E-state index contributed by atoms with van der Waals surface area (Å²) in [4.78, 5) is 0. The average molecular weight is 375 g/mol. The summed E-state index contributed by atoms with van der Waals surface area (Å²) in [5, 5.41) is 11.8. The summed E-state index contributed by atoms with van der Waals surface area (Å²) in [6.07, 6.45) is 7.53. The van der Waals surface area contributed by atoms with E-state index in [2.05, 4.69) is 119 Å². The largest absolute Gasteiger partial charge is 0.266 e. The van der Waals surface area contributed by atoms with Crippen molar-refractivity contribution in [1.82, 2.24) is 15.4 Å². The molecule has 3 nitrogen and oxygen atoms in total. The molecule has 0 aliphatic heterocycles. The fraction of sp³-hybridized carbons (Fsp3) is 0. The average Bonchev–Trinajstić information content (AvgIpc) is 3.39. The number of nitrogens with zero attached hydrogens (tertiary/aromatic N) is 2. The standard InChI is InChI=1S/C24H18.C2H3N3/c1-2-6-19(7-3-1)10-11-20-12-14-22(15-13-20)24-17-16-21-8-4-5-9-23(21)18-24;1-2-4-5-3-1/h1-18H;1-2H,(H,3,4,5). The highest BCUT2D eigenvalue weighted by Gasteiger charge is 1.99. The number of hydrogen-bond acceptors (Lipinski definition) is 2. The van der Waals surface area contributed by atoms with Crippen LogP contribution < -0.4 is 0 Å². The van der Waals surface area contributed by atoms with Gasteiger partial charge < -0.3 is 0 Å². The number of aromatic amines is 1. The van der Waals surface area contributed by atoms with Gasteiger partial charge in [0.25, 0.3) is 0 Å². The first-order valence-electron chi connectivity index (χ1n) is 9.51. The molecule has 0 unspecified atom stereocenters. The molecule has 0 aliphatic carbocycles. The second-order valence-corrected chi connectivity index (χ2v) is 6.59. The first kappa shape index (κ1) is 18.4. The zero-order chi connectivity index (χ0) is 19.7. The van der Waals surface area contributed by atoms with E-state index >= 15 is 0 Å². The van der Waals surface area contributed by atoms with Gasteiger partial charge in [0, 0.05) is 6.20 Å². The van der Waals surface area contributed by atoms with Crippen LogP contribution in [0.3, 0.4) is 0 Å². The Balaban J connectivity index is 0.000000359. The molecule has 0 amide bonds. The molecule has 3 heteroatoms. The van der Waals surface area contributed by atoms with Gasteiger partial charge in [0.2, 0.25) is 0 Å². The van der Waals surface area contributed by atoms with Gasteiger partial charge in [0.05, 0.1) is 6.20 Å². The summed E-state index contributed by atoms with van der Waals surface area (Å²) in [5.41, 5.74) is 4.93. The maximum absolute atomic E-state index is 3.42. The van der Waals surface area contributed by atoms with Gasteiger partial charge in [-0.3, -0.25) is 5.10 Å². The Bertz CT molecular complexity index is 1160. The van der Waals surface area contributed by atoms with Gasteiger partial charge in [0.15, 0.2) is 0 Å². The molecular weight excluding hydrogens is 354 g/mol. The Kier molecular flexibility index (Phi) is 5.89. The number of nitrogens with one attached hydrogen (secondary N) is 1. The van der Waals surface area contributed by atoms with Gasteiger partial charge in [-0.25, -0.2) is 0 Å². The second kappa shape index (κ2) is 9.29. The smallest absolute Gasteiger partial charge is 0.0690 e. The fourth-order valence-electron chi connectivity index (χ4n) is 3.08. The van der Waals surface area contributed by atoms with E-state index in [0.29, 0.717) is 0 Å². The lowest BCUT2D eigenvalue weighted by Crippen LogP contribution is -1.80. The van der Waals surface area contributed by atoms with Crippen LogP contribution in [0.2, 0.25) is 0 Å². The minimum atomic E-state index is 1.21. The summed E-state index contributed by atoms with van der Waals surface area (Å²) in [7, 11) is 0. The Morgan fingerprint density at radius 1 is 0.586 bits per heavy atom. The van der Waals surface area contributed by atoms with Gasteiger partial charge >= 0.3 is 0 Å². The lowest BCUT2D eigenvalue weighted by atomic mass is 10.00. The van der Waals surface area contributed by atoms with Crippen molar-refractivity contribution >= 4 is 22.9 Å². The molecule has 4 aromatic carbocycles. The molecule has 0 fully saturated rings. The molecule has 0 bridgehead atoms. The summed E-state index contributed by atoms with van der Waals surface area (Å²) in [6.45, 7) is 0. The molecule has 0 radical (unpaired) electrons. The first-order valence-corrected chi connectivity index (χ1v) is 9.51. The monoisotopic (exact) mass is 375 g/mol. The van der Waals surface area contributed by atoms with Crippen molar-refractivity contribution in [3.8, 4) is 11.1 Å². The SMILES string of the molecule is C(=Cc1ccc(-c2ccc3ccccc3c2)cc1)c1ccccc1.c1c[nH]nn1. The summed E-state index contributed by atoms with van der Waals surface area (Å²) in [6, 6.07) is 34.2. The first-order chi connectivity index (χ1) is 14.4. The third-order valence-electron chi connectivity index (χ3n) is 4.59. The van der Waals surface area contributed by atoms with Crippen molar-refractivity contribution in [3.05, 3.63) is 121 Å². The van der Waals surface area contributed by atoms with Gasteiger partial charge in [-0.15, -0.1) is 5.10 Å². The topological polar surface area (TPSA) is 41.6 Å². The van der Waals surface area contributed by atoms with Gasteiger partial charge in [-0.2, -0.15) is 0 Å². The van der Waals surface area contributed by atoms with Crippen molar-refractivity contribution in [2.24, 2.45) is 0 Å². The number of rotatable bonds is 3. The van der Waals surface area contributed by atoms with Crippen LogP contribution in [-0.4, -0.2) is 15.4 Å². The molecule has 1 aromatic heterocycles. The molecule has 5 rings (SSSR count). The molecule has 1 heterocycles. The zero-order valence-corrected chi connectivity index (χ0v) is 15.9. The molecule has 0 aliphatic rings. The third kappa shape index (κ3) is 5.05. The van der Waals surface area contributed by atoms with Crippen LogP contribution in [0, 0.1) is 0 Å². The minimum absolute atomic E-state index is 1.21. The summed E-state index contributed by atoms with van der Waals surface area (Å²) < 4.78 is 0. The van der Waals surface area contributed by atoms with Crippen molar-refractivity contribution in [1.29, 1.82) is 0 Å². The molecule has 1 N–H and O–H groups in total. The van der Waals surface area contributed by atoms with Crippen LogP contribution in [0.25, 0.3) is 34.1 Å². The predicted molar refractivity (Wildman–Crippen MR) is 121 cm³/mol. The van der Waals surface area contributed by atoms with E-state index in [1.54, 1.807) is 12.4 Å². The Morgan fingerprint density at radius 3 is 1.90 bits per heavy atom. The minimum Gasteiger partial charge on any atom is -0.266 e. The van der Waals surface area contributed by atoms with E-state index in [1.165, 1.54) is 33.0 Å². The molecular formula is C26H21N3. The van der Waals surface area contributed by atoms with Crippen LogP contribution >= 0.6 is 0 Å². The molecule has 5 aromatic rings. The van der Waals surface area contributed by atoms with Gasteiger partial charge in [0.1, 0.15) is 0 Å². The summed E-state index contributed by atoms with van der Waals surface area (Å²) in [5.74, 6) is 0. The quantitative estimate of drug-likeness (QED) is 0.367. The predicted octanol–water partition coefficient (Wildman–Crippen LogP) is 6.48. The van der Waals surface area contributed by atoms with Crippen molar-refractivity contribution in [2.45, 2.75) is 0 Å².